The fraction of sp³-hybridized carbons (Fsp3) is 0.447. The SMILES string of the molecule is CCNC(=O)C1CCN(CCc2ccc(C(=O)N(C)CCN3CCC(OC(=O)Nc4ccccc4-c4ccccc4)CC3)cc2)CC1. The van der Waals surface area contributed by atoms with Crippen molar-refractivity contribution in [3.8, 4) is 11.1 Å². The summed E-state index contributed by atoms with van der Waals surface area (Å²) in [5.74, 6) is 0.354. The van der Waals surface area contributed by atoms with Crippen molar-refractivity contribution < 1.29 is 19.1 Å². The van der Waals surface area contributed by atoms with E-state index >= 15 is 0 Å². The molecule has 2 saturated heterocycles. The molecule has 2 N–H and O–H groups in total. The fourth-order valence-corrected chi connectivity index (χ4v) is 6.45. The zero-order valence-electron chi connectivity index (χ0n) is 27.8. The number of benzene rings is 3. The molecule has 3 aromatic carbocycles. The van der Waals surface area contributed by atoms with Crippen LogP contribution in [-0.2, 0) is 16.0 Å². The van der Waals surface area contributed by atoms with Crippen LogP contribution in [0.25, 0.3) is 11.1 Å². The molecular formula is C38H49N5O4. The predicted molar refractivity (Wildman–Crippen MR) is 186 cm³/mol. The van der Waals surface area contributed by atoms with Gasteiger partial charge >= 0.3 is 6.09 Å². The molecule has 9 nitrogen and oxygen atoms in total. The van der Waals surface area contributed by atoms with Gasteiger partial charge in [-0.25, -0.2) is 4.79 Å². The van der Waals surface area contributed by atoms with E-state index in [1.165, 1.54) is 5.56 Å². The highest BCUT2D eigenvalue weighted by Gasteiger charge is 2.25. The molecule has 0 saturated carbocycles. The largest absolute Gasteiger partial charge is 0.446 e. The first kappa shape index (κ1) is 34.1. The molecule has 250 valence electrons. The van der Waals surface area contributed by atoms with Gasteiger partial charge in [0.15, 0.2) is 0 Å². The number of para-hydroxylation sites is 1. The van der Waals surface area contributed by atoms with Crippen molar-refractivity contribution in [3.63, 3.8) is 0 Å². The number of likely N-dealkylation sites (N-methyl/N-ethyl adjacent to an activating group) is 1. The second kappa shape index (κ2) is 17.1. The Balaban J connectivity index is 0.986. The molecule has 3 aromatic rings. The highest BCUT2D eigenvalue weighted by Crippen LogP contribution is 2.28. The summed E-state index contributed by atoms with van der Waals surface area (Å²) in [6.07, 6.45) is 3.73. The molecule has 3 amide bonds. The molecule has 2 aliphatic rings. The number of piperidine rings is 2. The first-order valence-corrected chi connectivity index (χ1v) is 17.1. The average Bonchev–Trinajstić information content (AvgIpc) is 3.11. The van der Waals surface area contributed by atoms with Crippen LogP contribution in [-0.4, -0.2) is 98.1 Å². The summed E-state index contributed by atoms with van der Waals surface area (Å²) < 4.78 is 5.78. The molecule has 47 heavy (non-hydrogen) atoms. The van der Waals surface area contributed by atoms with Crippen LogP contribution in [0.4, 0.5) is 10.5 Å². The van der Waals surface area contributed by atoms with Gasteiger partial charge in [0.25, 0.3) is 5.91 Å². The molecule has 0 bridgehead atoms. The Kier molecular flexibility index (Phi) is 12.4. The van der Waals surface area contributed by atoms with E-state index < -0.39 is 6.09 Å². The first-order valence-electron chi connectivity index (χ1n) is 17.1. The van der Waals surface area contributed by atoms with Crippen molar-refractivity contribution in [3.05, 3.63) is 90.0 Å². The van der Waals surface area contributed by atoms with Gasteiger partial charge in [0.2, 0.25) is 5.91 Å². The van der Waals surface area contributed by atoms with Gasteiger partial charge in [-0.2, -0.15) is 0 Å². The van der Waals surface area contributed by atoms with E-state index in [4.69, 9.17) is 4.74 Å². The monoisotopic (exact) mass is 639 g/mol. The summed E-state index contributed by atoms with van der Waals surface area (Å²) in [4.78, 5) is 44.5. The van der Waals surface area contributed by atoms with Gasteiger partial charge in [-0.05, 0) is 81.4 Å². The van der Waals surface area contributed by atoms with Crippen LogP contribution in [0.1, 0.15) is 48.5 Å². The minimum Gasteiger partial charge on any atom is -0.446 e. The normalized spacial score (nSPS) is 16.4. The third-order valence-electron chi connectivity index (χ3n) is 9.38. The summed E-state index contributed by atoms with van der Waals surface area (Å²) in [7, 11) is 1.86. The van der Waals surface area contributed by atoms with Crippen LogP contribution in [0.15, 0.2) is 78.9 Å². The molecule has 2 heterocycles. The standard InChI is InChI=1S/C38H49N5O4/c1-3-39-36(44)31-18-23-42(24-19-31)22-17-29-13-15-32(16-14-29)37(45)41(2)27-28-43-25-20-33(21-26-43)47-38(46)40-35-12-8-7-11-34(35)30-9-5-4-6-10-30/h4-16,31,33H,3,17-28H2,1-2H3,(H,39,44)(H,40,46). The Morgan fingerprint density at radius 1 is 0.809 bits per heavy atom. The second-order valence-corrected chi connectivity index (χ2v) is 12.7. The molecule has 0 atom stereocenters. The molecule has 2 aliphatic heterocycles. The van der Waals surface area contributed by atoms with Gasteiger partial charge in [-0.3, -0.25) is 14.9 Å². The zero-order chi connectivity index (χ0) is 33.0. The van der Waals surface area contributed by atoms with Gasteiger partial charge < -0.3 is 24.8 Å². The van der Waals surface area contributed by atoms with Crippen LogP contribution in [0, 0.1) is 5.92 Å². The number of anilines is 1. The Morgan fingerprint density at radius 3 is 2.15 bits per heavy atom. The Hall–Kier alpha value is -4.21. The highest BCUT2D eigenvalue weighted by atomic mass is 16.6. The summed E-state index contributed by atoms with van der Waals surface area (Å²) in [5, 5.41) is 5.88. The maximum atomic E-state index is 13.1. The number of amides is 3. The average molecular weight is 640 g/mol. The van der Waals surface area contributed by atoms with Gasteiger partial charge in [0.1, 0.15) is 6.10 Å². The second-order valence-electron chi connectivity index (χ2n) is 12.7. The molecule has 0 aliphatic carbocycles. The van der Waals surface area contributed by atoms with E-state index in [9.17, 15) is 14.4 Å². The Labute approximate surface area is 279 Å². The summed E-state index contributed by atoms with van der Waals surface area (Å²) in [5.41, 5.74) is 4.64. The Morgan fingerprint density at radius 2 is 1.45 bits per heavy atom. The van der Waals surface area contributed by atoms with Gasteiger partial charge in [-0.1, -0.05) is 60.7 Å². The van der Waals surface area contributed by atoms with Crippen molar-refractivity contribution in [2.75, 3.05) is 64.7 Å². The van der Waals surface area contributed by atoms with Crippen molar-refractivity contribution in [1.29, 1.82) is 0 Å². The third kappa shape index (κ3) is 9.89. The Bertz CT molecular complexity index is 1450. The van der Waals surface area contributed by atoms with E-state index in [2.05, 4.69) is 32.6 Å². The molecule has 0 spiro atoms. The van der Waals surface area contributed by atoms with Gasteiger partial charge in [0.05, 0.1) is 5.69 Å². The summed E-state index contributed by atoms with van der Waals surface area (Å²) in [6, 6.07) is 25.7. The minimum absolute atomic E-state index is 0.0228. The van der Waals surface area contributed by atoms with Gasteiger partial charge in [0, 0.05) is 63.4 Å². The van der Waals surface area contributed by atoms with Crippen molar-refractivity contribution in [2.45, 2.75) is 45.1 Å². The van der Waals surface area contributed by atoms with E-state index in [0.717, 1.165) is 88.2 Å². The summed E-state index contributed by atoms with van der Waals surface area (Å²) in [6.45, 7) is 8.57. The number of likely N-dealkylation sites (tertiary alicyclic amines) is 2. The van der Waals surface area contributed by atoms with Crippen LogP contribution in [0.5, 0.6) is 0 Å². The van der Waals surface area contributed by atoms with Crippen molar-refractivity contribution in [1.82, 2.24) is 20.0 Å². The van der Waals surface area contributed by atoms with Crippen LogP contribution >= 0.6 is 0 Å². The number of carbonyl (C=O) groups excluding carboxylic acids is 3. The summed E-state index contributed by atoms with van der Waals surface area (Å²) >= 11 is 0. The van der Waals surface area contributed by atoms with Crippen LogP contribution in [0.2, 0.25) is 0 Å². The van der Waals surface area contributed by atoms with Gasteiger partial charge in [-0.15, -0.1) is 0 Å². The highest BCUT2D eigenvalue weighted by molar-refractivity contribution is 5.94. The van der Waals surface area contributed by atoms with E-state index in [1.807, 2.05) is 80.7 Å². The smallest absolute Gasteiger partial charge is 0.411 e. The number of nitrogens with one attached hydrogen (secondary N) is 2. The molecule has 0 unspecified atom stereocenters. The number of rotatable bonds is 12. The quantitative estimate of drug-likeness (QED) is 0.271. The van der Waals surface area contributed by atoms with Crippen molar-refractivity contribution in [2.24, 2.45) is 5.92 Å². The number of hydrogen-bond acceptors (Lipinski definition) is 6. The fourth-order valence-electron chi connectivity index (χ4n) is 6.45. The third-order valence-corrected chi connectivity index (χ3v) is 9.38. The molecule has 0 radical (unpaired) electrons. The number of carbonyl (C=O) groups is 3. The predicted octanol–water partition coefficient (Wildman–Crippen LogP) is 5.53. The topological polar surface area (TPSA) is 94.2 Å². The lowest BCUT2D eigenvalue weighted by molar-refractivity contribution is -0.126. The first-order chi connectivity index (χ1) is 22.9. The van der Waals surface area contributed by atoms with Crippen LogP contribution in [0.3, 0.4) is 0 Å². The maximum Gasteiger partial charge on any atom is 0.411 e. The maximum absolute atomic E-state index is 13.1. The lowest BCUT2D eigenvalue weighted by Gasteiger charge is -2.32. The number of ether oxygens (including phenoxy) is 1. The van der Waals surface area contributed by atoms with E-state index in [0.29, 0.717) is 18.7 Å². The number of nitrogens with zero attached hydrogens (tertiary/aromatic N) is 3. The molecule has 5 rings (SSSR count). The van der Waals surface area contributed by atoms with Crippen LogP contribution < -0.4 is 10.6 Å². The van der Waals surface area contributed by atoms with E-state index in [1.54, 1.807) is 4.90 Å². The number of hydrogen-bond donors (Lipinski definition) is 2. The van der Waals surface area contributed by atoms with E-state index in [-0.39, 0.29) is 23.8 Å². The zero-order valence-corrected chi connectivity index (χ0v) is 27.8. The lowest BCUT2D eigenvalue weighted by Crippen LogP contribution is -2.42. The molecule has 2 fully saturated rings. The minimum atomic E-state index is -0.430. The molecule has 9 heteroatoms. The molecular weight excluding hydrogens is 590 g/mol. The lowest BCUT2D eigenvalue weighted by atomic mass is 9.95. The van der Waals surface area contributed by atoms with Crippen molar-refractivity contribution >= 4 is 23.6 Å². The molecule has 0 aromatic heterocycles.